The Morgan fingerprint density at radius 3 is 2.64 bits per heavy atom. The van der Waals surface area contributed by atoms with Gasteiger partial charge in [0.1, 0.15) is 0 Å². The van der Waals surface area contributed by atoms with Crippen molar-refractivity contribution >= 4 is 28.9 Å². The van der Waals surface area contributed by atoms with Crippen LogP contribution in [0.5, 0.6) is 0 Å². The smallest absolute Gasteiger partial charge is 0.251 e. The summed E-state index contributed by atoms with van der Waals surface area (Å²) in [6.07, 6.45) is 6.96. The molecule has 132 valence electrons. The van der Waals surface area contributed by atoms with Gasteiger partial charge in [-0.2, -0.15) is 0 Å². The Balaban J connectivity index is 1.41. The van der Waals surface area contributed by atoms with E-state index in [4.69, 9.17) is 17.3 Å². The standard InChI is InChI=1S/C19H23ClN4O/c20-17-2-1-15(13-18(17)21)19(25)23-10-3-14-6-11-24(12-7-14)16-4-8-22-9-5-16/h1-2,4-5,8-9,13-14H,3,6-7,10-12,21H2,(H,23,25). The summed E-state index contributed by atoms with van der Waals surface area (Å²) in [5, 5.41) is 3.45. The number of hydrogen-bond acceptors (Lipinski definition) is 4. The van der Waals surface area contributed by atoms with E-state index in [1.807, 2.05) is 12.4 Å². The minimum Gasteiger partial charge on any atom is -0.398 e. The van der Waals surface area contributed by atoms with Gasteiger partial charge in [0, 0.05) is 43.3 Å². The van der Waals surface area contributed by atoms with E-state index in [9.17, 15) is 4.79 Å². The monoisotopic (exact) mass is 358 g/mol. The number of carbonyl (C=O) groups is 1. The van der Waals surface area contributed by atoms with Gasteiger partial charge in [-0.15, -0.1) is 0 Å². The Hall–Kier alpha value is -2.27. The maximum absolute atomic E-state index is 12.2. The average Bonchev–Trinajstić information content (AvgIpc) is 2.65. The Bertz CT molecular complexity index is 715. The normalized spacial score (nSPS) is 15.2. The molecule has 1 fully saturated rings. The lowest BCUT2D eigenvalue weighted by Crippen LogP contribution is -2.35. The molecule has 1 saturated heterocycles. The number of halogens is 1. The summed E-state index contributed by atoms with van der Waals surface area (Å²) in [5.74, 6) is 0.547. The van der Waals surface area contributed by atoms with E-state index in [0.29, 0.717) is 28.7 Å². The molecule has 0 radical (unpaired) electrons. The Labute approximate surface area is 153 Å². The molecule has 0 bridgehead atoms. The predicted octanol–water partition coefficient (Wildman–Crippen LogP) is 3.35. The van der Waals surface area contributed by atoms with Crippen molar-refractivity contribution in [1.82, 2.24) is 10.3 Å². The van der Waals surface area contributed by atoms with Crippen molar-refractivity contribution in [2.45, 2.75) is 19.3 Å². The molecule has 0 spiro atoms. The van der Waals surface area contributed by atoms with E-state index in [-0.39, 0.29) is 5.91 Å². The minimum absolute atomic E-state index is 0.0995. The van der Waals surface area contributed by atoms with E-state index >= 15 is 0 Å². The number of carbonyl (C=O) groups excluding carboxylic acids is 1. The molecule has 1 aromatic carbocycles. The number of amides is 1. The third-order valence-corrected chi connectivity index (χ3v) is 5.08. The lowest BCUT2D eigenvalue weighted by atomic mass is 9.93. The quantitative estimate of drug-likeness (QED) is 0.804. The van der Waals surface area contributed by atoms with Gasteiger partial charge >= 0.3 is 0 Å². The van der Waals surface area contributed by atoms with Gasteiger partial charge in [0.05, 0.1) is 10.7 Å². The van der Waals surface area contributed by atoms with Gasteiger partial charge in [-0.05, 0) is 55.5 Å². The zero-order valence-electron chi connectivity index (χ0n) is 14.1. The third kappa shape index (κ3) is 4.63. The molecule has 5 nitrogen and oxygen atoms in total. The Morgan fingerprint density at radius 2 is 1.96 bits per heavy atom. The fourth-order valence-corrected chi connectivity index (χ4v) is 3.33. The van der Waals surface area contributed by atoms with Crippen molar-refractivity contribution < 1.29 is 4.79 Å². The summed E-state index contributed by atoms with van der Waals surface area (Å²) in [5.41, 5.74) is 7.96. The third-order valence-electron chi connectivity index (χ3n) is 4.74. The first-order chi connectivity index (χ1) is 12.1. The fourth-order valence-electron chi connectivity index (χ4n) is 3.21. The second-order valence-electron chi connectivity index (χ2n) is 6.42. The van der Waals surface area contributed by atoms with E-state index in [1.165, 1.54) is 5.69 Å². The molecular formula is C19H23ClN4O. The van der Waals surface area contributed by atoms with Crippen LogP contribution in [0.1, 0.15) is 29.6 Å². The lowest BCUT2D eigenvalue weighted by molar-refractivity contribution is 0.0951. The lowest BCUT2D eigenvalue weighted by Gasteiger charge is -2.33. The van der Waals surface area contributed by atoms with Crippen molar-refractivity contribution in [1.29, 1.82) is 0 Å². The molecule has 1 aliphatic heterocycles. The summed E-state index contributed by atoms with van der Waals surface area (Å²) in [6.45, 7) is 2.79. The molecule has 6 heteroatoms. The highest BCUT2D eigenvalue weighted by Gasteiger charge is 2.19. The van der Waals surface area contributed by atoms with Crippen LogP contribution in [0.15, 0.2) is 42.7 Å². The van der Waals surface area contributed by atoms with Crippen LogP contribution < -0.4 is 16.0 Å². The molecule has 3 rings (SSSR count). The Morgan fingerprint density at radius 1 is 1.24 bits per heavy atom. The number of nitrogens with zero attached hydrogens (tertiary/aromatic N) is 2. The van der Waals surface area contributed by atoms with Gasteiger partial charge in [0.2, 0.25) is 0 Å². The SMILES string of the molecule is Nc1cc(C(=O)NCCC2CCN(c3ccncc3)CC2)ccc1Cl. The summed E-state index contributed by atoms with van der Waals surface area (Å²) in [4.78, 5) is 18.6. The second-order valence-corrected chi connectivity index (χ2v) is 6.82. The van der Waals surface area contributed by atoms with Crippen molar-refractivity contribution in [3.63, 3.8) is 0 Å². The maximum Gasteiger partial charge on any atom is 0.251 e. The van der Waals surface area contributed by atoms with Crippen LogP contribution >= 0.6 is 11.6 Å². The number of rotatable bonds is 5. The van der Waals surface area contributed by atoms with Crippen LogP contribution in [0.3, 0.4) is 0 Å². The molecule has 0 atom stereocenters. The summed E-state index contributed by atoms with van der Waals surface area (Å²) < 4.78 is 0. The number of pyridine rings is 1. The first-order valence-corrected chi connectivity index (χ1v) is 8.99. The number of anilines is 2. The van der Waals surface area contributed by atoms with Crippen molar-refractivity contribution in [3.05, 3.63) is 53.3 Å². The second kappa shape index (κ2) is 8.21. The molecule has 0 aliphatic carbocycles. The van der Waals surface area contributed by atoms with Crippen LogP contribution in [-0.4, -0.2) is 30.5 Å². The topological polar surface area (TPSA) is 71.2 Å². The van der Waals surface area contributed by atoms with Gasteiger partial charge < -0.3 is 16.0 Å². The molecule has 1 amide bonds. The Kier molecular flexibility index (Phi) is 5.76. The fraction of sp³-hybridized carbons (Fsp3) is 0.368. The van der Waals surface area contributed by atoms with E-state index in [1.54, 1.807) is 18.2 Å². The number of benzene rings is 1. The molecule has 3 N–H and O–H groups in total. The molecular weight excluding hydrogens is 336 g/mol. The van der Waals surface area contributed by atoms with Gasteiger partial charge in [0.15, 0.2) is 0 Å². The molecule has 1 aliphatic rings. The van der Waals surface area contributed by atoms with Gasteiger partial charge in [-0.25, -0.2) is 0 Å². The molecule has 0 unspecified atom stereocenters. The van der Waals surface area contributed by atoms with E-state index < -0.39 is 0 Å². The molecule has 2 aromatic rings. The number of hydrogen-bond donors (Lipinski definition) is 2. The first-order valence-electron chi connectivity index (χ1n) is 8.61. The van der Waals surface area contributed by atoms with Crippen LogP contribution in [0.2, 0.25) is 5.02 Å². The number of nitrogens with one attached hydrogen (secondary N) is 1. The van der Waals surface area contributed by atoms with Gasteiger partial charge in [-0.3, -0.25) is 9.78 Å². The number of nitrogen functional groups attached to an aromatic ring is 1. The highest BCUT2D eigenvalue weighted by molar-refractivity contribution is 6.33. The molecule has 25 heavy (non-hydrogen) atoms. The van der Waals surface area contributed by atoms with Crippen molar-refractivity contribution in [2.75, 3.05) is 30.3 Å². The maximum atomic E-state index is 12.2. The highest BCUT2D eigenvalue weighted by atomic mass is 35.5. The predicted molar refractivity (Wildman–Crippen MR) is 102 cm³/mol. The van der Waals surface area contributed by atoms with E-state index in [0.717, 1.165) is 32.4 Å². The summed E-state index contributed by atoms with van der Waals surface area (Å²) in [6, 6.07) is 9.07. The number of nitrogens with two attached hydrogens (primary N) is 1. The minimum atomic E-state index is -0.0995. The van der Waals surface area contributed by atoms with Crippen molar-refractivity contribution in [3.8, 4) is 0 Å². The zero-order chi connectivity index (χ0) is 17.6. The number of piperidine rings is 1. The largest absolute Gasteiger partial charge is 0.398 e. The first kappa shape index (κ1) is 17.5. The van der Waals surface area contributed by atoms with Crippen LogP contribution in [-0.2, 0) is 0 Å². The molecule has 2 heterocycles. The van der Waals surface area contributed by atoms with Crippen LogP contribution in [0, 0.1) is 5.92 Å². The molecule has 1 aromatic heterocycles. The van der Waals surface area contributed by atoms with Gasteiger partial charge in [-0.1, -0.05) is 11.6 Å². The number of aromatic nitrogens is 1. The highest BCUT2D eigenvalue weighted by Crippen LogP contribution is 2.24. The average molecular weight is 359 g/mol. The van der Waals surface area contributed by atoms with Crippen LogP contribution in [0.4, 0.5) is 11.4 Å². The van der Waals surface area contributed by atoms with Crippen molar-refractivity contribution in [2.24, 2.45) is 5.92 Å². The van der Waals surface area contributed by atoms with E-state index in [2.05, 4.69) is 27.3 Å². The summed E-state index contributed by atoms with van der Waals surface area (Å²) >= 11 is 5.88. The summed E-state index contributed by atoms with van der Waals surface area (Å²) in [7, 11) is 0. The zero-order valence-corrected chi connectivity index (χ0v) is 14.9. The molecule has 0 saturated carbocycles. The van der Waals surface area contributed by atoms with Gasteiger partial charge in [0.25, 0.3) is 5.91 Å². The van der Waals surface area contributed by atoms with Crippen LogP contribution in [0.25, 0.3) is 0 Å².